The summed E-state index contributed by atoms with van der Waals surface area (Å²) < 4.78 is 38.2. The van der Waals surface area contributed by atoms with Gasteiger partial charge in [-0.2, -0.15) is 0 Å². The lowest BCUT2D eigenvalue weighted by atomic mass is 10.2. The number of carbonyl (C=O) groups is 1. The van der Waals surface area contributed by atoms with Crippen molar-refractivity contribution < 1.29 is 22.7 Å². The molecule has 34 heavy (non-hydrogen) atoms. The maximum Gasteiger partial charge on any atom is 0.261 e. The Bertz CT molecular complexity index is 1220. The van der Waals surface area contributed by atoms with Crippen LogP contribution < -0.4 is 20.1 Å². The minimum atomic E-state index is -3.68. The zero-order chi connectivity index (χ0) is 24.4. The number of sulfonamides is 1. The lowest BCUT2D eigenvalue weighted by molar-refractivity contribution is 0.0970. The minimum absolute atomic E-state index is 0.0644. The number of carbonyl (C=O) groups excluding carboxylic acids is 1. The molecule has 0 unspecified atom stereocenters. The van der Waals surface area contributed by atoms with Gasteiger partial charge in [0.1, 0.15) is 12.4 Å². The number of benzene rings is 3. The van der Waals surface area contributed by atoms with E-state index in [-0.39, 0.29) is 16.6 Å². The summed E-state index contributed by atoms with van der Waals surface area (Å²) in [4.78, 5) is 12.8. The van der Waals surface area contributed by atoms with Gasteiger partial charge in [0.05, 0.1) is 17.1 Å². The molecule has 0 saturated carbocycles. The summed E-state index contributed by atoms with van der Waals surface area (Å²) in [6.45, 7) is 0.887. The molecule has 0 aliphatic carbocycles. The molecular weight excluding hydrogens is 474 g/mol. The number of methoxy groups -OCH3 is 1. The Morgan fingerprint density at radius 2 is 1.59 bits per heavy atom. The molecule has 0 aliphatic heterocycles. The molecule has 0 heterocycles. The molecule has 8 nitrogen and oxygen atoms in total. The molecule has 1 amide bonds. The molecular formula is C24H25N3O5S2. The van der Waals surface area contributed by atoms with Gasteiger partial charge in [-0.3, -0.25) is 10.1 Å². The van der Waals surface area contributed by atoms with Gasteiger partial charge in [0.2, 0.25) is 10.0 Å². The zero-order valence-electron chi connectivity index (χ0n) is 18.5. The molecule has 0 bridgehead atoms. The van der Waals surface area contributed by atoms with Crippen LogP contribution in [0.25, 0.3) is 0 Å². The summed E-state index contributed by atoms with van der Waals surface area (Å²) in [6.07, 6.45) is 0. The molecule has 0 radical (unpaired) electrons. The van der Waals surface area contributed by atoms with E-state index >= 15 is 0 Å². The van der Waals surface area contributed by atoms with Gasteiger partial charge in [0.25, 0.3) is 5.91 Å². The van der Waals surface area contributed by atoms with E-state index < -0.39 is 15.9 Å². The van der Waals surface area contributed by atoms with Gasteiger partial charge >= 0.3 is 0 Å². The molecule has 178 valence electrons. The number of nitrogens with one attached hydrogen (secondary N) is 3. The molecule has 0 fully saturated rings. The van der Waals surface area contributed by atoms with Crippen molar-refractivity contribution in [1.82, 2.24) is 10.0 Å². The summed E-state index contributed by atoms with van der Waals surface area (Å²) in [5.74, 6) is -0.0211. The van der Waals surface area contributed by atoms with Gasteiger partial charge < -0.3 is 14.8 Å². The first kappa shape index (κ1) is 25.3. The van der Waals surface area contributed by atoms with E-state index in [1.807, 2.05) is 30.3 Å². The van der Waals surface area contributed by atoms with Crippen LogP contribution in [0.2, 0.25) is 0 Å². The molecule has 10 heteroatoms. The Morgan fingerprint density at radius 1 is 0.912 bits per heavy atom. The van der Waals surface area contributed by atoms with Gasteiger partial charge in [0.15, 0.2) is 5.11 Å². The van der Waals surface area contributed by atoms with Crippen molar-refractivity contribution in [3.63, 3.8) is 0 Å². The van der Waals surface area contributed by atoms with E-state index in [0.717, 1.165) is 5.56 Å². The smallest absolute Gasteiger partial charge is 0.261 e. The molecule has 0 atom stereocenters. The Balaban J connectivity index is 1.57. The normalized spacial score (nSPS) is 11.0. The Morgan fingerprint density at radius 3 is 2.29 bits per heavy atom. The third kappa shape index (κ3) is 7.35. The monoisotopic (exact) mass is 499 g/mol. The fraction of sp³-hybridized carbons (Fsp3) is 0.167. The highest BCUT2D eigenvalue weighted by Gasteiger charge is 2.15. The number of anilines is 1. The number of thiocarbonyl (C=S) groups is 1. The van der Waals surface area contributed by atoms with Crippen molar-refractivity contribution in [3.05, 3.63) is 90.0 Å². The van der Waals surface area contributed by atoms with Crippen LogP contribution in [0.5, 0.6) is 5.75 Å². The largest absolute Gasteiger partial charge is 0.490 e. The first-order valence-electron chi connectivity index (χ1n) is 10.4. The average molecular weight is 500 g/mol. The molecule has 0 spiro atoms. The predicted molar refractivity (Wildman–Crippen MR) is 134 cm³/mol. The standard InChI is InChI=1S/C24H25N3O5S2/c1-31-15-16-32-22-10-6-5-9-21(22)23(28)27-24(33)26-19-11-13-20(14-12-19)34(29,30)25-17-18-7-3-2-4-8-18/h2-14,25H,15-17H2,1H3,(H2,26,27,28,33). The second-order valence-electron chi connectivity index (χ2n) is 7.08. The number of para-hydroxylation sites is 1. The highest BCUT2D eigenvalue weighted by atomic mass is 32.2. The highest BCUT2D eigenvalue weighted by Crippen LogP contribution is 2.18. The zero-order valence-corrected chi connectivity index (χ0v) is 20.1. The lowest BCUT2D eigenvalue weighted by Crippen LogP contribution is -2.34. The molecule has 0 saturated heterocycles. The SMILES string of the molecule is COCCOc1ccccc1C(=O)NC(=S)Nc1ccc(S(=O)(=O)NCc2ccccc2)cc1. The average Bonchev–Trinajstić information content (AvgIpc) is 2.84. The van der Waals surface area contributed by atoms with Crippen molar-refractivity contribution in [2.24, 2.45) is 0 Å². The maximum absolute atomic E-state index is 12.6. The van der Waals surface area contributed by atoms with Crippen LogP contribution in [0, 0.1) is 0 Å². The number of ether oxygens (including phenoxy) is 2. The lowest BCUT2D eigenvalue weighted by Gasteiger charge is -2.13. The van der Waals surface area contributed by atoms with Gasteiger partial charge in [-0.05, 0) is 54.2 Å². The van der Waals surface area contributed by atoms with Crippen LogP contribution in [-0.2, 0) is 21.3 Å². The Labute approximate surface area is 204 Å². The first-order valence-corrected chi connectivity index (χ1v) is 12.2. The first-order chi connectivity index (χ1) is 16.4. The molecule has 3 aromatic carbocycles. The van der Waals surface area contributed by atoms with E-state index in [1.54, 1.807) is 43.5 Å². The Hall–Kier alpha value is -3.31. The van der Waals surface area contributed by atoms with Crippen molar-refractivity contribution in [1.29, 1.82) is 0 Å². The van der Waals surface area contributed by atoms with Crippen LogP contribution in [0.4, 0.5) is 5.69 Å². The number of hydrogen-bond acceptors (Lipinski definition) is 6. The summed E-state index contributed by atoms with van der Waals surface area (Å²) in [5.41, 5.74) is 1.71. The van der Waals surface area contributed by atoms with E-state index in [1.165, 1.54) is 12.1 Å². The second-order valence-corrected chi connectivity index (χ2v) is 9.26. The van der Waals surface area contributed by atoms with Crippen molar-refractivity contribution in [2.75, 3.05) is 25.6 Å². The predicted octanol–water partition coefficient (Wildman–Crippen LogP) is 3.32. The fourth-order valence-electron chi connectivity index (χ4n) is 2.92. The van der Waals surface area contributed by atoms with E-state index in [9.17, 15) is 13.2 Å². The summed E-state index contributed by atoms with van der Waals surface area (Å²) in [5, 5.41) is 5.54. The summed E-state index contributed by atoms with van der Waals surface area (Å²) >= 11 is 5.23. The maximum atomic E-state index is 12.6. The third-order valence-electron chi connectivity index (χ3n) is 4.64. The highest BCUT2D eigenvalue weighted by molar-refractivity contribution is 7.89. The van der Waals surface area contributed by atoms with Crippen LogP contribution in [0.1, 0.15) is 15.9 Å². The molecule has 3 aromatic rings. The van der Waals surface area contributed by atoms with Gasteiger partial charge in [-0.25, -0.2) is 13.1 Å². The van der Waals surface area contributed by atoms with Crippen LogP contribution >= 0.6 is 12.2 Å². The third-order valence-corrected chi connectivity index (χ3v) is 6.26. The van der Waals surface area contributed by atoms with E-state index in [4.69, 9.17) is 21.7 Å². The van der Waals surface area contributed by atoms with Gasteiger partial charge in [-0.15, -0.1) is 0 Å². The van der Waals surface area contributed by atoms with Crippen molar-refractivity contribution in [3.8, 4) is 5.75 Å². The van der Waals surface area contributed by atoms with Crippen LogP contribution in [0.15, 0.2) is 83.8 Å². The Kier molecular flexibility index (Phi) is 9.11. The topological polar surface area (TPSA) is 106 Å². The number of rotatable bonds is 10. The molecule has 0 aliphatic rings. The van der Waals surface area contributed by atoms with E-state index in [2.05, 4.69) is 15.4 Å². The molecule has 0 aromatic heterocycles. The number of hydrogen-bond donors (Lipinski definition) is 3. The molecule has 3 rings (SSSR count). The second kappa shape index (κ2) is 12.2. The molecule has 3 N–H and O–H groups in total. The van der Waals surface area contributed by atoms with Crippen LogP contribution in [-0.4, -0.2) is 39.8 Å². The van der Waals surface area contributed by atoms with Crippen molar-refractivity contribution in [2.45, 2.75) is 11.4 Å². The van der Waals surface area contributed by atoms with Gasteiger partial charge in [-0.1, -0.05) is 42.5 Å². The minimum Gasteiger partial charge on any atom is -0.490 e. The summed E-state index contributed by atoms with van der Waals surface area (Å²) in [7, 11) is -2.11. The van der Waals surface area contributed by atoms with Crippen molar-refractivity contribution >= 4 is 38.9 Å². The van der Waals surface area contributed by atoms with Gasteiger partial charge in [0, 0.05) is 19.3 Å². The summed E-state index contributed by atoms with van der Waals surface area (Å²) in [6, 6.07) is 22.1. The van der Waals surface area contributed by atoms with E-state index in [0.29, 0.717) is 30.2 Å². The fourth-order valence-corrected chi connectivity index (χ4v) is 4.15. The van der Waals surface area contributed by atoms with Crippen LogP contribution in [0.3, 0.4) is 0 Å². The quantitative estimate of drug-likeness (QED) is 0.290. The number of amides is 1.